The lowest BCUT2D eigenvalue weighted by atomic mass is 10.1. The molecule has 0 radical (unpaired) electrons. The first kappa shape index (κ1) is 16.5. The van der Waals surface area contributed by atoms with Gasteiger partial charge >= 0.3 is 0 Å². The van der Waals surface area contributed by atoms with Gasteiger partial charge in [0.05, 0.1) is 12.3 Å². The predicted octanol–water partition coefficient (Wildman–Crippen LogP) is 0.232. The molecule has 0 amide bonds. The molecule has 0 unspecified atom stereocenters. The summed E-state index contributed by atoms with van der Waals surface area (Å²) in [4.78, 5) is 0. The van der Waals surface area contributed by atoms with Gasteiger partial charge in [-0.15, -0.1) is 0 Å². The number of anilines is 1. The van der Waals surface area contributed by atoms with E-state index in [2.05, 4.69) is 21.3 Å². The lowest BCUT2D eigenvalue weighted by Crippen LogP contribution is -2.32. The lowest BCUT2D eigenvalue weighted by Gasteiger charge is -2.11. The number of hydrogen-bond acceptors (Lipinski definition) is 4. The molecule has 0 aliphatic carbocycles. The van der Waals surface area contributed by atoms with E-state index in [0.717, 1.165) is 5.56 Å². The van der Waals surface area contributed by atoms with Crippen molar-refractivity contribution in [1.82, 2.24) is 4.72 Å². The summed E-state index contributed by atoms with van der Waals surface area (Å²) in [5, 5.41) is 8.62. The zero-order valence-electron chi connectivity index (χ0n) is 11.4. The van der Waals surface area contributed by atoms with Crippen molar-refractivity contribution in [1.29, 1.82) is 0 Å². The highest BCUT2D eigenvalue weighted by Crippen LogP contribution is 2.17. The average Bonchev–Trinajstić information content (AvgIpc) is 2.39. The Balaban J connectivity index is 2.78. The molecule has 0 saturated carbocycles. The van der Waals surface area contributed by atoms with E-state index >= 15 is 0 Å². The van der Waals surface area contributed by atoms with Gasteiger partial charge in [0.1, 0.15) is 6.61 Å². The standard InChI is InChI=1S/C13H18N2O4S/c1-11-10-12(4-3-8-16)5-6-13(11)15-20(17,18)14-7-9-19-2/h5-6,10,14-16H,7-9H2,1-2H3. The van der Waals surface area contributed by atoms with Crippen LogP contribution < -0.4 is 9.44 Å². The Morgan fingerprint density at radius 3 is 2.75 bits per heavy atom. The molecule has 20 heavy (non-hydrogen) atoms. The van der Waals surface area contributed by atoms with Crippen molar-refractivity contribution in [3.8, 4) is 11.8 Å². The van der Waals surface area contributed by atoms with E-state index in [1.807, 2.05) is 0 Å². The maximum atomic E-state index is 11.7. The fourth-order valence-corrected chi connectivity index (χ4v) is 2.40. The third-order valence-corrected chi connectivity index (χ3v) is 3.45. The number of aliphatic hydroxyl groups is 1. The lowest BCUT2D eigenvalue weighted by molar-refractivity contribution is 0.204. The van der Waals surface area contributed by atoms with Crippen LogP contribution in [0.4, 0.5) is 5.69 Å². The number of aliphatic hydroxyl groups excluding tert-OH is 1. The van der Waals surface area contributed by atoms with Crippen LogP contribution in [0.15, 0.2) is 18.2 Å². The molecule has 0 fully saturated rings. The Labute approximate surface area is 119 Å². The highest BCUT2D eigenvalue weighted by atomic mass is 32.2. The third-order valence-electron chi connectivity index (χ3n) is 2.38. The molecule has 1 rings (SSSR count). The van der Waals surface area contributed by atoms with Crippen molar-refractivity contribution in [2.24, 2.45) is 0 Å². The van der Waals surface area contributed by atoms with Gasteiger partial charge in [-0.3, -0.25) is 4.72 Å². The Kier molecular flexibility index (Phi) is 6.48. The van der Waals surface area contributed by atoms with E-state index in [1.54, 1.807) is 25.1 Å². The van der Waals surface area contributed by atoms with Crippen LogP contribution in [-0.4, -0.2) is 40.4 Å². The van der Waals surface area contributed by atoms with Crippen molar-refractivity contribution in [3.05, 3.63) is 29.3 Å². The summed E-state index contributed by atoms with van der Waals surface area (Å²) in [5.74, 6) is 5.29. The number of hydrogen-bond donors (Lipinski definition) is 3. The molecule has 6 nitrogen and oxygen atoms in total. The van der Waals surface area contributed by atoms with E-state index in [9.17, 15) is 8.42 Å². The van der Waals surface area contributed by atoms with E-state index in [4.69, 9.17) is 9.84 Å². The minimum atomic E-state index is -3.62. The topological polar surface area (TPSA) is 87.7 Å². The monoisotopic (exact) mass is 298 g/mol. The molecule has 7 heteroatoms. The van der Waals surface area contributed by atoms with E-state index in [-0.39, 0.29) is 13.2 Å². The largest absolute Gasteiger partial charge is 0.384 e. The van der Waals surface area contributed by atoms with Crippen molar-refractivity contribution in [2.45, 2.75) is 6.92 Å². The number of aryl methyl sites for hydroxylation is 1. The Morgan fingerprint density at radius 1 is 1.40 bits per heavy atom. The molecular formula is C13H18N2O4S. The molecule has 1 aromatic carbocycles. The van der Waals surface area contributed by atoms with Crippen LogP contribution in [0.3, 0.4) is 0 Å². The first-order valence-electron chi connectivity index (χ1n) is 5.95. The van der Waals surface area contributed by atoms with Crippen LogP contribution >= 0.6 is 0 Å². The van der Waals surface area contributed by atoms with Gasteiger partial charge in [-0.05, 0) is 30.7 Å². The molecule has 0 bridgehead atoms. The molecule has 0 heterocycles. The smallest absolute Gasteiger partial charge is 0.299 e. The summed E-state index contributed by atoms with van der Waals surface area (Å²) in [6.45, 7) is 2.06. The van der Waals surface area contributed by atoms with Gasteiger partial charge in [0.15, 0.2) is 0 Å². The molecule has 0 saturated heterocycles. The minimum Gasteiger partial charge on any atom is -0.384 e. The van der Waals surface area contributed by atoms with E-state index < -0.39 is 10.2 Å². The summed E-state index contributed by atoms with van der Waals surface area (Å²) < 4.78 is 33.1. The first-order chi connectivity index (χ1) is 9.48. The van der Waals surface area contributed by atoms with Crippen molar-refractivity contribution in [3.63, 3.8) is 0 Å². The van der Waals surface area contributed by atoms with Gasteiger partial charge in [-0.25, -0.2) is 0 Å². The third kappa shape index (κ3) is 5.59. The maximum Gasteiger partial charge on any atom is 0.299 e. The summed E-state index contributed by atoms with van der Waals surface area (Å²) in [6.07, 6.45) is 0. The molecule has 0 atom stereocenters. The zero-order valence-corrected chi connectivity index (χ0v) is 12.3. The molecule has 110 valence electrons. The summed E-state index contributed by atoms with van der Waals surface area (Å²) in [5.41, 5.74) is 1.93. The zero-order chi connectivity index (χ0) is 15.0. The SMILES string of the molecule is COCCNS(=O)(=O)Nc1ccc(C#CCO)cc1C. The van der Waals surface area contributed by atoms with Crippen LogP contribution in [0.5, 0.6) is 0 Å². The number of ether oxygens (including phenoxy) is 1. The molecule has 1 aromatic rings. The average molecular weight is 298 g/mol. The molecule has 0 spiro atoms. The van der Waals surface area contributed by atoms with Crippen LogP contribution in [-0.2, 0) is 14.9 Å². The fraction of sp³-hybridized carbons (Fsp3) is 0.385. The number of rotatable bonds is 6. The molecule has 0 aliphatic rings. The van der Waals surface area contributed by atoms with Gasteiger partial charge in [0, 0.05) is 19.2 Å². The second kappa shape index (κ2) is 7.87. The Bertz CT molecular complexity index is 603. The highest BCUT2D eigenvalue weighted by molar-refractivity contribution is 7.90. The molecular weight excluding hydrogens is 280 g/mol. The quantitative estimate of drug-likeness (QED) is 0.518. The van der Waals surface area contributed by atoms with Gasteiger partial charge < -0.3 is 9.84 Å². The van der Waals surface area contributed by atoms with Crippen LogP contribution in [0.1, 0.15) is 11.1 Å². The highest BCUT2D eigenvalue weighted by Gasteiger charge is 2.10. The summed E-state index contributed by atoms with van der Waals surface area (Å²) in [6, 6.07) is 5.06. The predicted molar refractivity (Wildman–Crippen MR) is 77.6 cm³/mol. The summed E-state index contributed by atoms with van der Waals surface area (Å²) in [7, 11) is -2.12. The molecule has 0 aliphatic heterocycles. The number of benzene rings is 1. The van der Waals surface area contributed by atoms with Gasteiger partial charge in [-0.1, -0.05) is 11.8 Å². The minimum absolute atomic E-state index is 0.199. The van der Waals surface area contributed by atoms with Gasteiger partial charge in [0.2, 0.25) is 0 Å². The van der Waals surface area contributed by atoms with Gasteiger partial charge in [-0.2, -0.15) is 13.1 Å². The number of nitrogens with one attached hydrogen (secondary N) is 2. The Hall–Kier alpha value is -1.59. The van der Waals surface area contributed by atoms with E-state index in [1.165, 1.54) is 7.11 Å². The van der Waals surface area contributed by atoms with Gasteiger partial charge in [0.25, 0.3) is 10.2 Å². The van der Waals surface area contributed by atoms with E-state index in [0.29, 0.717) is 17.9 Å². The van der Waals surface area contributed by atoms with Crippen molar-refractivity contribution in [2.75, 3.05) is 31.6 Å². The molecule has 0 aromatic heterocycles. The van der Waals surface area contributed by atoms with Crippen LogP contribution in [0, 0.1) is 18.8 Å². The molecule has 3 N–H and O–H groups in total. The van der Waals surface area contributed by atoms with Crippen LogP contribution in [0.2, 0.25) is 0 Å². The fourth-order valence-electron chi connectivity index (χ4n) is 1.46. The second-order valence-electron chi connectivity index (χ2n) is 3.98. The maximum absolute atomic E-state index is 11.7. The Morgan fingerprint density at radius 2 is 2.15 bits per heavy atom. The van der Waals surface area contributed by atoms with Crippen molar-refractivity contribution < 1.29 is 18.3 Å². The van der Waals surface area contributed by atoms with Crippen LogP contribution in [0.25, 0.3) is 0 Å². The first-order valence-corrected chi connectivity index (χ1v) is 7.43. The second-order valence-corrected chi connectivity index (χ2v) is 5.48. The van der Waals surface area contributed by atoms with Crippen molar-refractivity contribution >= 4 is 15.9 Å². The normalized spacial score (nSPS) is 10.8. The number of methoxy groups -OCH3 is 1. The summed E-state index contributed by atoms with van der Waals surface area (Å²) >= 11 is 0.